The zero-order valence-electron chi connectivity index (χ0n) is 14.7. The smallest absolute Gasteiger partial charge is 0.257 e. The number of halogens is 1. The van der Waals surface area contributed by atoms with Crippen molar-refractivity contribution in [2.24, 2.45) is 5.41 Å². The van der Waals surface area contributed by atoms with E-state index in [4.69, 9.17) is 4.42 Å². The van der Waals surface area contributed by atoms with Crippen LogP contribution >= 0.6 is 0 Å². The predicted octanol–water partition coefficient (Wildman–Crippen LogP) is 2.99. The molecule has 4 rings (SSSR count). The van der Waals surface area contributed by atoms with Gasteiger partial charge < -0.3 is 14.2 Å². The first-order valence-electron chi connectivity index (χ1n) is 8.86. The number of amides is 2. The number of rotatable bonds is 3. The number of aryl methyl sites for hydroxylation is 1. The van der Waals surface area contributed by atoms with Crippen LogP contribution in [0.3, 0.4) is 0 Å². The third kappa shape index (κ3) is 2.79. The molecule has 2 fully saturated rings. The van der Waals surface area contributed by atoms with E-state index in [9.17, 15) is 14.0 Å². The molecule has 1 spiro atoms. The molecule has 2 aromatic rings. The van der Waals surface area contributed by atoms with Gasteiger partial charge in [-0.05, 0) is 43.5 Å². The van der Waals surface area contributed by atoms with Crippen LogP contribution < -0.4 is 0 Å². The van der Waals surface area contributed by atoms with Gasteiger partial charge in [0.05, 0.1) is 17.2 Å². The van der Waals surface area contributed by atoms with Crippen molar-refractivity contribution in [2.45, 2.75) is 26.3 Å². The number of furan rings is 1. The van der Waals surface area contributed by atoms with Crippen LogP contribution in [0.2, 0.25) is 0 Å². The minimum absolute atomic E-state index is 0.0703. The zero-order chi connectivity index (χ0) is 18.3. The van der Waals surface area contributed by atoms with Crippen molar-refractivity contribution < 1.29 is 18.4 Å². The standard InChI is InChI=1S/C20H21FN2O3/c1-14-17(5-10-26-14)18(24)23-9-7-20(13-23)6-8-22(19(20)25)12-15-3-2-4-16(21)11-15/h2-5,10-11H,6-9,12-13H2,1H3/t20-/m1/s1. The van der Waals surface area contributed by atoms with Gasteiger partial charge in [0.15, 0.2) is 0 Å². The van der Waals surface area contributed by atoms with Crippen LogP contribution in [0.5, 0.6) is 0 Å². The van der Waals surface area contributed by atoms with Gasteiger partial charge in [0.1, 0.15) is 11.6 Å². The van der Waals surface area contributed by atoms with E-state index in [1.807, 2.05) is 6.07 Å². The van der Waals surface area contributed by atoms with Crippen molar-refractivity contribution in [1.82, 2.24) is 9.80 Å². The summed E-state index contributed by atoms with van der Waals surface area (Å²) in [5, 5.41) is 0. The number of nitrogens with zero attached hydrogens (tertiary/aromatic N) is 2. The lowest BCUT2D eigenvalue weighted by atomic mass is 9.85. The number of carbonyl (C=O) groups is 2. The highest BCUT2D eigenvalue weighted by Crippen LogP contribution is 2.41. The monoisotopic (exact) mass is 356 g/mol. The lowest BCUT2D eigenvalue weighted by Crippen LogP contribution is -2.38. The molecule has 6 heteroatoms. The average molecular weight is 356 g/mol. The van der Waals surface area contributed by atoms with Gasteiger partial charge in [0.2, 0.25) is 5.91 Å². The van der Waals surface area contributed by atoms with Crippen LogP contribution in [0.4, 0.5) is 4.39 Å². The molecule has 1 aromatic heterocycles. The molecule has 0 unspecified atom stereocenters. The normalized spacial score (nSPS) is 22.6. The molecule has 2 amide bonds. The van der Waals surface area contributed by atoms with Gasteiger partial charge in [-0.1, -0.05) is 12.1 Å². The second-order valence-electron chi connectivity index (χ2n) is 7.25. The summed E-state index contributed by atoms with van der Waals surface area (Å²) in [5.41, 5.74) is 0.847. The van der Waals surface area contributed by atoms with Crippen molar-refractivity contribution in [1.29, 1.82) is 0 Å². The number of hydrogen-bond donors (Lipinski definition) is 0. The topological polar surface area (TPSA) is 53.8 Å². The summed E-state index contributed by atoms with van der Waals surface area (Å²) < 4.78 is 18.6. The Labute approximate surface area is 151 Å². The first-order chi connectivity index (χ1) is 12.5. The third-order valence-corrected chi connectivity index (χ3v) is 5.59. The van der Waals surface area contributed by atoms with Crippen LogP contribution in [-0.4, -0.2) is 41.2 Å². The van der Waals surface area contributed by atoms with E-state index in [-0.39, 0.29) is 17.6 Å². The maximum absolute atomic E-state index is 13.4. The fourth-order valence-electron chi connectivity index (χ4n) is 4.10. The number of likely N-dealkylation sites (tertiary alicyclic amines) is 2. The van der Waals surface area contributed by atoms with E-state index < -0.39 is 5.41 Å². The molecule has 0 N–H and O–H groups in total. The van der Waals surface area contributed by atoms with Gasteiger partial charge in [0.25, 0.3) is 5.91 Å². The van der Waals surface area contributed by atoms with Crippen molar-refractivity contribution in [2.75, 3.05) is 19.6 Å². The predicted molar refractivity (Wildman–Crippen MR) is 92.8 cm³/mol. The second kappa shape index (κ2) is 6.27. The number of hydrogen-bond acceptors (Lipinski definition) is 3. The number of carbonyl (C=O) groups excluding carboxylic acids is 2. The highest BCUT2D eigenvalue weighted by molar-refractivity contribution is 5.96. The van der Waals surface area contributed by atoms with E-state index in [1.54, 1.807) is 28.9 Å². The molecular formula is C20H21FN2O3. The molecule has 0 aliphatic carbocycles. The lowest BCUT2D eigenvalue weighted by molar-refractivity contribution is -0.135. The molecule has 0 bridgehead atoms. The van der Waals surface area contributed by atoms with E-state index in [0.29, 0.717) is 43.9 Å². The largest absolute Gasteiger partial charge is 0.469 e. The molecule has 2 aliphatic rings. The minimum atomic E-state index is -0.499. The molecule has 136 valence electrons. The van der Waals surface area contributed by atoms with E-state index >= 15 is 0 Å². The van der Waals surface area contributed by atoms with Crippen molar-refractivity contribution in [3.05, 3.63) is 59.3 Å². The van der Waals surface area contributed by atoms with E-state index in [2.05, 4.69) is 0 Å². The van der Waals surface area contributed by atoms with Crippen molar-refractivity contribution >= 4 is 11.8 Å². The molecule has 26 heavy (non-hydrogen) atoms. The molecule has 1 atom stereocenters. The summed E-state index contributed by atoms with van der Waals surface area (Å²) in [7, 11) is 0. The second-order valence-corrected chi connectivity index (χ2v) is 7.25. The molecule has 0 saturated carbocycles. The first-order valence-corrected chi connectivity index (χ1v) is 8.86. The summed E-state index contributed by atoms with van der Waals surface area (Å²) in [6.07, 6.45) is 2.92. The molecule has 0 radical (unpaired) electrons. The van der Waals surface area contributed by atoms with Gasteiger partial charge in [-0.3, -0.25) is 9.59 Å². The van der Waals surface area contributed by atoms with Gasteiger partial charge in [-0.2, -0.15) is 0 Å². The van der Waals surface area contributed by atoms with Gasteiger partial charge in [-0.25, -0.2) is 4.39 Å². The van der Waals surface area contributed by atoms with Gasteiger partial charge >= 0.3 is 0 Å². The maximum atomic E-state index is 13.4. The Hall–Kier alpha value is -2.63. The molecule has 2 aliphatic heterocycles. The molecule has 1 aromatic carbocycles. The Morgan fingerprint density at radius 2 is 2.08 bits per heavy atom. The van der Waals surface area contributed by atoms with E-state index in [1.165, 1.54) is 18.4 Å². The Balaban J connectivity index is 1.46. The Morgan fingerprint density at radius 3 is 2.81 bits per heavy atom. The van der Waals surface area contributed by atoms with Gasteiger partial charge in [-0.15, -0.1) is 0 Å². The Morgan fingerprint density at radius 1 is 1.27 bits per heavy atom. The molecule has 3 heterocycles. The van der Waals surface area contributed by atoms with Crippen molar-refractivity contribution in [3.8, 4) is 0 Å². The maximum Gasteiger partial charge on any atom is 0.257 e. The average Bonchev–Trinajstić information content (AvgIpc) is 3.31. The zero-order valence-corrected chi connectivity index (χ0v) is 14.7. The van der Waals surface area contributed by atoms with Crippen LogP contribution in [0.15, 0.2) is 41.0 Å². The quantitative estimate of drug-likeness (QED) is 0.850. The van der Waals surface area contributed by atoms with Crippen LogP contribution in [0.1, 0.15) is 34.5 Å². The highest BCUT2D eigenvalue weighted by Gasteiger charge is 2.51. The summed E-state index contributed by atoms with van der Waals surface area (Å²) in [5.74, 6) is 0.295. The van der Waals surface area contributed by atoms with Crippen molar-refractivity contribution in [3.63, 3.8) is 0 Å². The SMILES string of the molecule is Cc1occc1C(=O)N1CC[C@]2(CCN(Cc3cccc(F)c3)C2=O)C1. The molecule has 5 nitrogen and oxygen atoms in total. The minimum Gasteiger partial charge on any atom is -0.469 e. The molecular weight excluding hydrogens is 335 g/mol. The fourth-order valence-corrected chi connectivity index (χ4v) is 4.10. The Kier molecular flexibility index (Phi) is 4.05. The third-order valence-electron chi connectivity index (χ3n) is 5.59. The van der Waals surface area contributed by atoms with Crippen LogP contribution in [-0.2, 0) is 11.3 Å². The first kappa shape index (κ1) is 16.8. The lowest BCUT2D eigenvalue weighted by Gasteiger charge is -2.23. The summed E-state index contributed by atoms with van der Waals surface area (Å²) in [6, 6.07) is 8.02. The van der Waals surface area contributed by atoms with Crippen LogP contribution in [0, 0.1) is 18.2 Å². The Bertz CT molecular complexity index is 862. The van der Waals surface area contributed by atoms with Crippen LogP contribution in [0.25, 0.3) is 0 Å². The highest BCUT2D eigenvalue weighted by atomic mass is 19.1. The van der Waals surface area contributed by atoms with E-state index in [0.717, 1.165) is 12.0 Å². The van der Waals surface area contributed by atoms with Gasteiger partial charge in [0, 0.05) is 26.2 Å². The molecule has 2 saturated heterocycles. The summed E-state index contributed by atoms with van der Waals surface area (Å²) >= 11 is 0. The number of benzene rings is 1. The summed E-state index contributed by atoms with van der Waals surface area (Å²) in [4.78, 5) is 29.2. The fraction of sp³-hybridized carbons (Fsp3) is 0.400. The summed E-state index contributed by atoms with van der Waals surface area (Å²) in [6.45, 7) is 3.83.